The summed E-state index contributed by atoms with van der Waals surface area (Å²) < 4.78 is 15.4. The maximum atomic E-state index is 13.2. The van der Waals surface area contributed by atoms with Crippen LogP contribution in [0.25, 0.3) is 0 Å². The number of hydrogen-bond donors (Lipinski definition) is 1. The summed E-state index contributed by atoms with van der Waals surface area (Å²) in [5.74, 6) is -0.850. The van der Waals surface area contributed by atoms with Gasteiger partial charge in [0.2, 0.25) is 5.91 Å². The van der Waals surface area contributed by atoms with Gasteiger partial charge in [0.1, 0.15) is 11.5 Å². The molecule has 1 aliphatic carbocycles. The van der Waals surface area contributed by atoms with Crippen LogP contribution in [0, 0.1) is 16.2 Å². The minimum absolute atomic E-state index is 0.255. The van der Waals surface area contributed by atoms with Crippen molar-refractivity contribution in [2.45, 2.75) is 33.6 Å². The molecule has 2 fully saturated rings. The number of amides is 1. The molecule has 140 valence electrons. The molecule has 3 rings (SSSR count). The van der Waals surface area contributed by atoms with Crippen molar-refractivity contribution in [2.75, 3.05) is 19.5 Å². The molecule has 1 saturated carbocycles. The molecule has 2 atom stereocenters. The van der Waals surface area contributed by atoms with E-state index in [9.17, 15) is 14.4 Å². The summed E-state index contributed by atoms with van der Waals surface area (Å²) >= 11 is 0. The lowest BCUT2D eigenvalue weighted by Crippen LogP contribution is -2.61. The van der Waals surface area contributed by atoms with E-state index in [0.29, 0.717) is 23.6 Å². The number of benzene rings is 1. The fourth-order valence-electron chi connectivity index (χ4n) is 4.15. The SMILES string of the molecule is COc1ccc(NC(=O)C23CCC(C)(C(=O)OC2=O)C3(C)C)c(OC)c1. The van der Waals surface area contributed by atoms with Gasteiger partial charge in [-0.05, 0) is 31.9 Å². The van der Waals surface area contributed by atoms with E-state index >= 15 is 0 Å². The van der Waals surface area contributed by atoms with E-state index in [0.717, 1.165) is 0 Å². The first-order valence-electron chi connectivity index (χ1n) is 8.44. The summed E-state index contributed by atoms with van der Waals surface area (Å²) in [4.78, 5) is 38.2. The van der Waals surface area contributed by atoms with Crippen LogP contribution in [0.4, 0.5) is 5.69 Å². The van der Waals surface area contributed by atoms with Crippen LogP contribution in [-0.4, -0.2) is 32.1 Å². The van der Waals surface area contributed by atoms with Gasteiger partial charge in [-0.25, -0.2) is 0 Å². The van der Waals surface area contributed by atoms with E-state index in [-0.39, 0.29) is 6.42 Å². The van der Waals surface area contributed by atoms with E-state index in [4.69, 9.17) is 14.2 Å². The van der Waals surface area contributed by atoms with E-state index < -0.39 is 34.1 Å². The first kappa shape index (κ1) is 18.2. The molecule has 0 radical (unpaired) electrons. The third kappa shape index (κ3) is 2.09. The lowest BCUT2D eigenvalue weighted by Gasteiger charge is -2.48. The molecule has 2 aliphatic rings. The van der Waals surface area contributed by atoms with Crippen LogP contribution in [0.1, 0.15) is 33.6 Å². The van der Waals surface area contributed by atoms with Crippen LogP contribution in [-0.2, 0) is 19.1 Å². The summed E-state index contributed by atoms with van der Waals surface area (Å²) in [7, 11) is 3.01. The van der Waals surface area contributed by atoms with E-state index in [1.165, 1.54) is 14.2 Å². The average Bonchev–Trinajstić information content (AvgIpc) is 2.75. The van der Waals surface area contributed by atoms with Crippen LogP contribution in [0.2, 0.25) is 0 Å². The molecule has 1 heterocycles. The minimum atomic E-state index is -1.43. The van der Waals surface area contributed by atoms with Gasteiger partial charge >= 0.3 is 11.9 Å². The summed E-state index contributed by atoms with van der Waals surface area (Å²) in [5.41, 5.74) is -2.78. The third-order valence-corrected chi connectivity index (χ3v) is 6.48. The number of fused-ring (bicyclic) bond motifs is 2. The van der Waals surface area contributed by atoms with Crippen molar-refractivity contribution in [3.63, 3.8) is 0 Å². The highest BCUT2D eigenvalue weighted by molar-refractivity contribution is 6.15. The second kappa shape index (κ2) is 5.72. The number of carbonyl (C=O) groups excluding carboxylic acids is 3. The fourth-order valence-corrected chi connectivity index (χ4v) is 4.15. The van der Waals surface area contributed by atoms with Crippen molar-refractivity contribution in [1.29, 1.82) is 0 Å². The van der Waals surface area contributed by atoms with Gasteiger partial charge in [0, 0.05) is 11.5 Å². The molecule has 1 saturated heterocycles. The Kier molecular flexibility index (Phi) is 4.01. The Morgan fingerprint density at radius 3 is 2.38 bits per heavy atom. The Morgan fingerprint density at radius 1 is 1.08 bits per heavy atom. The van der Waals surface area contributed by atoms with Gasteiger partial charge in [-0.15, -0.1) is 0 Å². The molecule has 7 nitrogen and oxygen atoms in total. The molecule has 2 unspecified atom stereocenters. The highest BCUT2D eigenvalue weighted by atomic mass is 16.6. The molecule has 2 bridgehead atoms. The van der Waals surface area contributed by atoms with Crippen molar-refractivity contribution < 1.29 is 28.6 Å². The average molecular weight is 361 g/mol. The number of rotatable bonds is 4. The van der Waals surface area contributed by atoms with Gasteiger partial charge in [-0.1, -0.05) is 13.8 Å². The minimum Gasteiger partial charge on any atom is -0.497 e. The molecule has 0 aromatic heterocycles. The molecule has 1 aromatic carbocycles. The smallest absolute Gasteiger partial charge is 0.329 e. The summed E-state index contributed by atoms with van der Waals surface area (Å²) in [6.07, 6.45) is 0.670. The largest absolute Gasteiger partial charge is 0.497 e. The lowest BCUT2D eigenvalue weighted by molar-refractivity contribution is -0.195. The highest BCUT2D eigenvalue weighted by Gasteiger charge is 2.75. The van der Waals surface area contributed by atoms with Gasteiger partial charge in [0.25, 0.3) is 0 Å². The number of hydrogen-bond acceptors (Lipinski definition) is 6. The molecule has 1 aliphatic heterocycles. The number of ether oxygens (including phenoxy) is 3. The maximum Gasteiger partial charge on any atom is 0.329 e. The molecule has 1 amide bonds. The first-order chi connectivity index (χ1) is 12.1. The van der Waals surface area contributed by atoms with Gasteiger partial charge in [0.15, 0.2) is 5.41 Å². The molecule has 1 aromatic rings. The molecule has 1 N–H and O–H groups in total. The summed E-state index contributed by atoms with van der Waals surface area (Å²) in [5, 5.41) is 2.79. The number of esters is 2. The van der Waals surface area contributed by atoms with Crippen LogP contribution in [0.5, 0.6) is 11.5 Å². The van der Waals surface area contributed by atoms with Crippen molar-refractivity contribution in [1.82, 2.24) is 0 Å². The van der Waals surface area contributed by atoms with Crippen LogP contribution >= 0.6 is 0 Å². The van der Waals surface area contributed by atoms with Gasteiger partial charge in [0.05, 0.1) is 25.3 Å². The van der Waals surface area contributed by atoms with E-state index in [2.05, 4.69) is 5.32 Å². The zero-order valence-electron chi connectivity index (χ0n) is 15.6. The normalized spacial score (nSPS) is 29.1. The summed E-state index contributed by atoms with van der Waals surface area (Å²) in [6, 6.07) is 4.97. The van der Waals surface area contributed by atoms with Crippen molar-refractivity contribution in [2.24, 2.45) is 16.2 Å². The van der Waals surface area contributed by atoms with Crippen LogP contribution < -0.4 is 14.8 Å². The van der Waals surface area contributed by atoms with Crippen LogP contribution in [0.3, 0.4) is 0 Å². The lowest BCUT2D eigenvalue weighted by atomic mass is 9.57. The zero-order valence-corrected chi connectivity index (χ0v) is 15.6. The Balaban J connectivity index is 2.00. The monoisotopic (exact) mass is 361 g/mol. The highest BCUT2D eigenvalue weighted by Crippen LogP contribution is 2.66. The predicted molar refractivity (Wildman–Crippen MR) is 92.8 cm³/mol. The number of methoxy groups -OCH3 is 2. The fraction of sp³-hybridized carbons (Fsp3) is 0.526. The van der Waals surface area contributed by atoms with Gasteiger partial charge in [-0.2, -0.15) is 0 Å². The van der Waals surface area contributed by atoms with Crippen LogP contribution in [0.15, 0.2) is 18.2 Å². The first-order valence-corrected chi connectivity index (χ1v) is 8.44. The topological polar surface area (TPSA) is 90.9 Å². The van der Waals surface area contributed by atoms with Gasteiger partial charge < -0.3 is 19.5 Å². The van der Waals surface area contributed by atoms with Crippen molar-refractivity contribution >= 4 is 23.5 Å². The molecular weight excluding hydrogens is 338 g/mol. The van der Waals surface area contributed by atoms with Crippen molar-refractivity contribution in [3.05, 3.63) is 18.2 Å². The van der Waals surface area contributed by atoms with Crippen molar-refractivity contribution in [3.8, 4) is 11.5 Å². The molecular formula is C19H23NO6. The quantitative estimate of drug-likeness (QED) is 0.655. The standard InChI is InChI=1S/C19H23NO6/c1-17(2)18(3)8-9-19(17,16(23)26-15(18)22)14(21)20-12-7-6-11(24-4)10-13(12)25-5/h6-7,10H,8-9H2,1-5H3,(H,20,21). The molecule has 7 heteroatoms. The van der Waals surface area contributed by atoms with Gasteiger partial charge in [-0.3, -0.25) is 14.4 Å². The second-order valence-corrected chi connectivity index (χ2v) is 7.56. The Labute approximate surface area is 152 Å². The number of anilines is 1. The second-order valence-electron chi connectivity index (χ2n) is 7.56. The summed E-state index contributed by atoms with van der Waals surface area (Å²) in [6.45, 7) is 5.32. The van der Waals surface area contributed by atoms with E-state index in [1.54, 1.807) is 39.0 Å². The predicted octanol–water partition coefficient (Wildman–Crippen LogP) is 2.54. The number of cyclic esters (lactones) is 2. The number of carbonyl (C=O) groups is 3. The molecule has 26 heavy (non-hydrogen) atoms. The Bertz CT molecular complexity index is 801. The number of nitrogens with one attached hydrogen (secondary N) is 1. The zero-order chi connectivity index (χ0) is 19.3. The molecule has 0 spiro atoms. The maximum absolute atomic E-state index is 13.2. The Morgan fingerprint density at radius 2 is 1.77 bits per heavy atom. The Hall–Kier alpha value is -2.57. The third-order valence-electron chi connectivity index (χ3n) is 6.48. The van der Waals surface area contributed by atoms with E-state index in [1.807, 2.05) is 0 Å².